The highest BCUT2D eigenvalue weighted by Crippen LogP contribution is 2.24. The first-order chi connectivity index (χ1) is 8.66. The molecule has 1 saturated carbocycles. The van der Waals surface area contributed by atoms with E-state index >= 15 is 0 Å². The van der Waals surface area contributed by atoms with Crippen molar-refractivity contribution in [3.63, 3.8) is 0 Å². The topological polar surface area (TPSA) is 12.0 Å². The van der Waals surface area contributed by atoms with E-state index in [-0.39, 0.29) is 0 Å². The summed E-state index contributed by atoms with van der Waals surface area (Å²) >= 11 is 0. The molecule has 1 aromatic carbocycles. The van der Waals surface area contributed by atoms with Gasteiger partial charge in [0.25, 0.3) is 0 Å². The average molecular weight is 257 g/mol. The molecular formula is C14H18F3N. The van der Waals surface area contributed by atoms with Crippen LogP contribution in [0.2, 0.25) is 0 Å². The lowest BCUT2D eigenvalue weighted by atomic mass is 10.0. The molecule has 4 heteroatoms. The fourth-order valence-electron chi connectivity index (χ4n) is 2.49. The van der Waals surface area contributed by atoms with E-state index in [1.165, 1.54) is 25.7 Å². The predicted octanol–water partition coefficient (Wildman–Crippen LogP) is 4.49. The van der Waals surface area contributed by atoms with Crippen molar-refractivity contribution in [1.82, 2.24) is 0 Å². The van der Waals surface area contributed by atoms with E-state index in [1.807, 2.05) is 0 Å². The first-order valence-corrected chi connectivity index (χ1v) is 6.55. The zero-order chi connectivity index (χ0) is 13.0. The number of anilines is 1. The maximum Gasteiger partial charge on any atom is 0.194 e. The largest absolute Gasteiger partial charge is 0.385 e. The Morgan fingerprint density at radius 1 is 0.944 bits per heavy atom. The molecule has 0 aliphatic heterocycles. The third-order valence-electron chi connectivity index (χ3n) is 3.55. The van der Waals surface area contributed by atoms with E-state index in [9.17, 15) is 13.2 Å². The number of benzene rings is 1. The third-order valence-corrected chi connectivity index (χ3v) is 3.55. The molecule has 1 fully saturated rings. The lowest BCUT2D eigenvalue weighted by Gasteiger charge is -2.15. The minimum absolute atomic E-state index is 0.315. The van der Waals surface area contributed by atoms with Crippen LogP contribution < -0.4 is 5.32 Å². The van der Waals surface area contributed by atoms with Gasteiger partial charge in [0.1, 0.15) is 0 Å². The van der Waals surface area contributed by atoms with Gasteiger partial charge in [-0.05, 0) is 18.8 Å². The Balaban J connectivity index is 1.93. The van der Waals surface area contributed by atoms with Gasteiger partial charge in [-0.15, -0.1) is 0 Å². The van der Waals surface area contributed by atoms with E-state index in [2.05, 4.69) is 5.32 Å². The van der Waals surface area contributed by atoms with Gasteiger partial charge < -0.3 is 5.32 Å². The SMILES string of the molecule is Fc1cc(NCC2CCCCCC2)cc(F)c1F. The summed E-state index contributed by atoms with van der Waals surface area (Å²) in [5, 5.41) is 3.00. The summed E-state index contributed by atoms with van der Waals surface area (Å²) in [4.78, 5) is 0. The molecule has 1 aliphatic rings. The summed E-state index contributed by atoms with van der Waals surface area (Å²) in [7, 11) is 0. The van der Waals surface area contributed by atoms with Gasteiger partial charge in [-0.25, -0.2) is 13.2 Å². The van der Waals surface area contributed by atoms with Crippen LogP contribution in [0.5, 0.6) is 0 Å². The van der Waals surface area contributed by atoms with Crippen LogP contribution in [0.15, 0.2) is 12.1 Å². The number of rotatable bonds is 3. The second kappa shape index (κ2) is 6.12. The van der Waals surface area contributed by atoms with Gasteiger partial charge in [-0.3, -0.25) is 0 Å². The molecule has 18 heavy (non-hydrogen) atoms. The van der Waals surface area contributed by atoms with Crippen LogP contribution in [0.1, 0.15) is 38.5 Å². The van der Waals surface area contributed by atoms with Gasteiger partial charge in [-0.2, -0.15) is 0 Å². The van der Waals surface area contributed by atoms with Crippen LogP contribution in [-0.4, -0.2) is 6.54 Å². The number of halogens is 3. The fourth-order valence-corrected chi connectivity index (χ4v) is 2.49. The summed E-state index contributed by atoms with van der Waals surface area (Å²) in [6, 6.07) is 2.02. The molecule has 0 aromatic heterocycles. The Kier molecular flexibility index (Phi) is 4.50. The average Bonchev–Trinajstić information content (AvgIpc) is 2.61. The lowest BCUT2D eigenvalue weighted by molar-refractivity contribution is 0.447. The zero-order valence-corrected chi connectivity index (χ0v) is 10.3. The normalized spacial score (nSPS) is 17.5. The molecule has 0 radical (unpaired) electrons. The van der Waals surface area contributed by atoms with E-state index in [0.717, 1.165) is 25.0 Å². The van der Waals surface area contributed by atoms with Crippen molar-refractivity contribution in [2.75, 3.05) is 11.9 Å². The smallest absolute Gasteiger partial charge is 0.194 e. The summed E-state index contributed by atoms with van der Waals surface area (Å²) in [6.45, 7) is 0.699. The van der Waals surface area contributed by atoms with Crippen LogP contribution >= 0.6 is 0 Å². The predicted molar refractivity (Wildman–Crippen MR) is 66.0 cm³/mol. The summed E-state index contributed by atoms with van der Waals surface area (Å²) in [5.74, 6) is -3.14. The second-order valence-corrected chi connectivity index (χ2v) is 4.99. The molecule has 1 aromatic rings. The second-order valence-electron chi connectivity index (χ2n) is 4.99. The minimum Gasteiger partial charge on any atom is -0.385 e. The van der Waals surface area contributed by atoms with Gasteiger partial charge in [0.05, 0.1) is 0 Å². The lowest BCUT2D eigenvalue weighted by Crippen LogP contribution is -2.14. The fraction of sp³-hybridized carbons (Fsp3) is 0.571. The molecule has 0 bridgehead atoms. The Morgan fingerprint density at radius 2 is 1.50 bits per heavy atom. The first kappa shape index (κ1) is 13.2. The maximum atomic E-state index is 13.0. The van der Waals surface area contributed by atoms with E-state index < -0.39 is 17.5 Å². The quantitative estimate of drug-likeness (QED) is 0.621. The molecular weight excluding hydrogens is 239 g/mol. The van der Waals surface area contributed by atoms with Gasteiger partial charge in [0, 0.05) is 24.4 Å². The molecule has 0 unspecified atom stereocenters. The highest BCUT2D eigenvalue weighted by atomic mass is 19.2. The van der Waals surface area contributed by atoms with Gasteiger partial charge in [0.2, 0.25) is 0 Å². The van der Waals surface area contributed by atoms with E-state index in [0.29, 0.717) is 18.2 Å². The summed E-state index contributed by atoms with van der Waals surface area (Å²) < 4.78 is 38.8. The number of nitrogens with one attached hydrogen (secondary N) is 1. The molecule has 0 heterocycles. The Labute approximate surface area is 105 Å². The van der Waals surface area contributed by atoms with Gasteiger partial charge in [-0.1, -0.05) is 25.7 Å². The Hall–Kier alpha value is -1.19. The van der Waals surface area contributed by atoms with Crippen molar-refractivity contribution in [1.29, 1.82) is 0 Å². The van der Waals surface area contributed by atoms with E-state index in [4.69, 9.17) is 0 Å². The standard InChI is InChI=1S/C14H18F3N/c15-12-7-11(8-13(16)14(12)17)18-9-10-5-3-1-2-4-6-10/h7-8,10,18H,1-6,9H2. The molecule has 2 rings (SSSR count). The van der Waals surface area contributed by atoms with Crippen LogP contribution in [0.25, 0.3) is 0 Å². The van der Waals surface area contributed by atoms with Crippen molar-refractivity contribution in [3.8, 4) is 0 Å². The highest BCUT2D eigenvalue weighted by Gasteiger charge is 2.14. The molecule has 1 nitrogen and oxygen atoms in total. The van der Waals surface area contributed by atoms with Crippen molar-refractivity contribution in [2.45, 2.75) is 38.5 Å². The third kappa shape index (κ3) is 3.40. The molecule has 1 N–H and O–H groups in total. The van der Waals surface area contributed by atoms with Crippen molar-refractivity contribution in [2.24, 2.45) is 5.92 Å². The van der Waals surface area contributed by atoms with Gasteiger partial charge >= 0.3 is 0 Å². The van der Waals surface area contributed by atoms with Crippen LogP contribution in [-0.2, 0) is 0 Å². The molecule has 0 spiro atoms. The van der Waals surface area contributed by atoms with Crippen LogP contribution in [0.3, 0.4) is 0 Å². The molecule has 100 valence electrons. The van der Waals surface area contributed by atoms with Crippen molar-refractivity contribution < 1.29 is 13.2 Å². The Morgan fingerprint density at radius 3 is 2.06 bits per heavy atom. The number of hydrogen-bond acceptors (Lipinski definition) is 1. The monoisotopic (exact) mass is 257 g/mol. The van der Waals surface area contributed by atoms with Crippen molar-refractivity contribution in [3.05, 3.63) is 29.6 Å². The first-order valence-electron chi connectivity index (χ1n) is 6.55. The minimum atomic E-state index is -1.41. The maximum absolute atomic E-state index is 13.0. The molecule has 0 amide bonds. The van der Waals surface area contributed by atoms with Crippen molar-refractivity contribution >= 4 is 5.69 Å². The Bertz CT molecular complexity index is 375. The summed E-state index contributed by atoms with van der Waals surface area (Å²) in [5.41, 5.74) is 0.315. The molecule has 1 aliphatic carbocycles. The highest BCUT2D eigenvalue weighted by molar-refractivity contribution is 5.44. The molecule has 0 atom stereocenters. The summed E-state index contributed by atoms with van der Waals surface area (Å²) in [6.07, 6.45) is 7.29. The van der Waals surface area contributed by atoms with Gasteiger partial charge in [0.15, 0.2) is 17.5 Å². The molecule has 0 saturated heterocycles. The van der Waals surface area contributed by atoms with Crippen LogP contribution in [0.4, 0.5) is 18.9 Å². The van der Waals surface area contributed by atoms with Crippen LogP contribution in [0, 0.1) is 23.4 Å². The number of hydrogen-bond donors (Lipinski definition) is 1. The van der Waals surface area contributed by atoms with E-state index in [1.54, 1.807) is 0 Å². The zero-order valence-electron chi connectivity index (χ0n) is 10.3.